The minimum Gasteiger partial charge on any atom is -0.368 e. The Bertz CT molecular complexity index is 1400. The molecule has 6 heteroatoms. The first-order valence-corrected chi connectivity index (χ1v) is 12.2. The first-order chi connectivity index (χ1) is 17.1. The third kappa shape index (κ3) is 3.66. The molecular weight excluding hydrogens is 436 g/mol. The molecule has 6 nitrogen and oxygen atoms in total. The number of piperazine rings is 1. The summed E-state index contributed by atoms with van der Waals surface area (Å²) in [5.41, 5.74) is 5.96. The Hall–Kier alpha value is -4.06. The van der Waals surface area contributed by atoms with Crippen molar-refractivity contribution in [2.24, 2.45) is 0 Å². The smallest absolute Gasteiger partial charge is 0.255 e. The number of aromatic nitrogens is 1. The Morgan fingerprint density at radius 1 is 0.886 bits per heavy atom. The van der Waals surface area contributed by atoms with Crippen molar-refractivity contribution in [2.75, 3.05) is 37.6 Å². The van der Waals surface area contributed by atoms with Gasteiger partial charge in [0.1, 0.15) is 6.54 Å². The Labute approximate surface area is 204 Å². The van der Waals surface area contributed by atoms with Gasteiger partial charge in [-0.15, -0.1) is 0 Å². The van der Waals surface area contributed by atoms with E-state index in [1.54, 1.807) is 4.90 Å². The van der Waals surface area contributed by atoms with Crippen molar-refractivity contribution in [3.05, 3.63) is 101 Å². The van der Waals surface area contributed by atoms with Crippen LogP contribution in [0.1, 0.15) is 33.2 Å². The topological polar surface area (TPSA) is 59.7 Å². The molecule has 4 aromatic rings. The van der Waals surface area contributed by atoms with Crippen LogP contribution in [0.5, 0.6) is 0 Å². The number of carbonyl (C=O) groups is 2. The second kappa shape index (κ2) is 8.62. The Kier molecular flexibility index (Phi) is 5.29. The molecule has 1 atom stereocenters. The van der Waals surface area contributed by atoms with Crippen molar-refractivity contribution < 1.29 is 9.59 Å². The summed E-state index contributed by atoms with van der Waals surface area (Å²) < 4.78 is 0. The van der Waals surface area contributed by atoms with Gasteiger partial charge in [0, 0.05) is 59.6 Å². The number of H-pyrrole nitrogens is 1. The number of aryl methyl sites for hydroxylation is 1. The Morgan fingerprint density at radius 3 is 2.37 bits per heavy atom. The molecule has 1 saturated heterocycles. The molecule has 0 unspecified atom stereocenters. The van der Waals surface area contributed by atoms with Crippen LogP contribution in [-0.4, -0.2) is 59.3 Å². The fourth-order valence-corrected chi connectivity index (χ4v) is 5.59. The average molecular weight is 465 g/mol. The van der Waals surface area contributed by atoms with Crippen LogP contribution in [-0.2, 0) is 4.79 Å². The number of amides is 2. The average Bonchev–Trinajstić information content (AvgIpc) is 3.37. The largest absolute Gasteiger partial charge is 0.368 e. The first-order valence-electron chi connectivity index (χ1n) is 12.2. The van der Waals surface area contributed by atoms with Crippen molar-refractivity contribution in [3.63, 3.8) is 0 Å². The summed E-state index contributed by atoms with van der Waals surface area (Å²) >= 11 is 0. The van der Waals surface area contributed by atoms with Gasteiger partial charge in [-0.05, 0) is 36.8 Å². The van der Waals surface area contributed by atoms with Crippen LogP contribution in [0.15, 0.2) is 78.9 Å². The molecule has 2 amide bonds. The van der Waals surface area contributed by atoms with Crippen LogP contribution in [0.2, 0.25) is 0 Å². The van der Waals surface area contributed by atoms with Crippen LogP contribution in [0.25, 0.3) is 10.9 Å². The van der Waals surface area contributed by atoms with E-state index in [1.807, 2.05) is 66.4 Å². The van der Waals surface area contributed by atoms with Gasteiger partial charge in [-0.1, -0.05) is 54.6 Å². The number of rotatable bonds is 4. The van der Waals surface area contributed by atoms with Crippen molar-refractivity contribution in [2.45, 2.75) is 13.0 Å². The van der Waals surface area contributed by atoms with Crippen LogP contribution in [0.4, 0.5) is 5.69 Å². The van der Waals surface area contributed by atoms with Gasteiger partial charge in [0.2, 0.25) is 5.91 Å². The minimum absolute atomic E-state index is 0.00126. The van der Waals surface area contributed by atoms with E-state index in [4.69, 9.17) is 0 Å². The number of para-hydroxylation sites is 2. The van der Waals surface area contributed by atoms with Crippen molar-refractivity contribution in [1.29, 1.82) is 0 Å². The van der Waals surface area contributed by atoms with E-state index in [9.17, 15) is 9.59 Å². The summed E-state index contributed by atoms with van der Waals surface area (Å²) in [4.78, 5) is 36.4. The number of nitrogens with one attached hydrogen (secondary N) is 1. The SMILES string of the molecule is Cc1[nH]c2ccccc2c1[C@@H]1c2ccccc2C(=O)N1CC(=O)N1CCN(c2ccccc2)CC1. The van der Waals surface area contributed by atoms with Gasteiger partial charge < -0.3 is 19.7 Å². The highest BCUT2D eigenvalue weighted by Gasteiger charge is 2.41. The predicted molar refractivity (Wildman–Crippen MR) is 138 cm³/mol. The lowest BCUT2D eigenvalue weighted by molar-refractivity contribution is -0.132. The number of benzene rings is 3. The molecule has 35 heavy (non-hydrogen) atoms. The molecule has 6 rings (SSSR count). The normalized spacial score (nSPS) is 17.8. The molecular formula is C29H28N4O2. The van der Waals surface area contributed by atoms with E-state index in [2.05, 4.69) is 34.1 Å². The zero-order chi connectivity index (χ0) is 23.9. The predicted octanol–water partition coefficient (Wildman–Crippen LogP) is 4.37. The van der Waals surface area contributed by atoms with Crippen LogP contribution >= 0.6 is 0 Å². The van der Waals surface area contributed by atoms with Gasteiger partial charge in [0.25, 0.3) is 5.91 Å². The molecule has 3 aromatic carbocycles. The molecule has 0 spiro atoms. The summed E-state index contributed by atoms with van der Waals surface area (Å²) in [7, 11) is 0. The highest BCUT2D eigenvalue weighted by molar-refractivity contribution is 6.02. The number of hydrogen-bond donors (Lipinski definition) is 1. The quantitative estimate of drug-likeness (QED) is 0.488. The summed E-state index contributed by atoms with van der Waals surface area (Å²) in [5.74, 6) is -0.0760. The summed E-state index contributed by atoms with van der Waals surface area (Å²) in [6.45, 7) is 4.99. The Morgan fingerprint density at radius 2 is 1.57 bits per heavy atom. The van der Waals surface area contributed by atoms with Crippen LogP contribution in [0, 0.1) is 6.92 Å². The second-order valence-electron chi connectivity index (χ2n) is 9.34. The fraction of sp³-hybridized carbons (Fsp3) is 0.241. The second-order valence-corrected chi connectivity index (χ2v) is 9.34. The van der Waals surface area contributed by atoms with Gasteiger partial charge in [-0.2, -0.15) is 0 Å². The maximum absolute atomic E-state index is 13.5. The molecule has 1 aromatic heterocycles. The molecule has 2 aliphatic heterocycles. The standard InChI is InChI=1S/C29H28N4O2/c1-20-27(24-13-7-8-14-25(24)30-20)28-22-11-5-6-12-23(22)29(35)33(28)19-26(34)32-17-15-31(16-18-32)21-9-3-2-4-10-21/h2-14,28,30H,15-19H2,1H3/t28-/m0/s1. The zero-order valence-electron chi connectivity index (χ0n) is 19.8. The number of aromatic amines is 1. The summed E-state index contributed by atoms with van der Waals surface area (Å²) in [6.07, 6.45) is 0. The molecule has 0 radical (unpaired) electrons. The van der Waals surface area contributed by atoms with E-state index < -0.39 is 0 Å². The highest BCUT2D eigenvalue weighted by Crippen LogP contribution is 2.42. The van der Waals surface area contributed by atoms with Gasteiger partial charge >= 0.3 is 0 Å². The maximum Gasteiger partial charge on any atom is 0.255 e. The van der Waals surface area contributed by atoms with Gasteiger partial charge in [-0.25, -0.2) is 0 Å². The highest BCUT2D eigenvalue weighted by atomic mass is 16.2. The third-order valence-corrected chi connectivity index (χ3v) is 7.33. The fourth-order valence-electron chi connectivity index (χ4n) is 5.59. The van der Waals surface area contributed by atoms with Crippen molar-refractivity contribution in [1.82, 2.24) is 14.8 Å². The lowest BCUT2D eigenvalue weighted by Crippen LogP contribution is -2.51. The zero-order valence-corrected chi connectivity index (χ0v) is 19.8. The number of anilines is 1. The lowest BCUT2D eigenvalue weighted by atomic mass is 9.95. The number of carbonyl (C=O) groups excluding carboxylic acids is 2. The third-order valence-electron chi connectivity index (χ3n) is 7.33. The van der Waals surface area contributed by atoms with E-state index in [0.717, 1.165) is 40.8 Å². The summed E-state index contributed by atoms with van der Waals surface area (Å²) in [5, 5.41) is 1.09. The summed E-state index contributed by atoms with van der Waals surface area (Å²) in [6, 6.07) is 25.9. The molecule has 1 fully saturated rings. The van der Waals surface area contributed by atoms with Crippen molar-refractivity contribution in [3.8, 4) is 0 Å². The number of hydrogen-bond acceptors (Lipinski definition) is 3. The first kappa shape index (κ1) is 21.5. The maximum atomic E-state index is 13.5. The van der Waals surface area contributed by atoms with Crippen molar-refractivity contribution >= 4 is 28.4 Å². The molecule has 2 aliphatic rings. The van der Waals surface area contributed by atoms with Gasteiger partial charge in [-0.3, -0.25) is 9.59 Å². The van der Waals surface area contributed by atoms with E-state index >= 15 is 0 Å². The molecule has 0 saturated carbocycles. The van der Waals surface area contributed by atoms with Gasteiger partial charge in [0.15, 0.2) is 0 Å². The minimum atomic E-state index is -0.288. The van der Waals surface area contributed by atoms with Crippen LogP contribution < -0.4 is 4.90 Å². The van der Waals surface area contributed by atoms with E-state index in [1.165, 1.54) is 5.69 Å². The monoisotopic (exact) mass is 464 g/mol. The Balaban J connectivity index is 1.27. The molecule has 176 valence electrons. The van der Waals surface area contributed by atoms with E-state index in [0.29, 0.717) is 18.7 Å². The van der Waals surface area contributed by atoms with E-state index in [-0.39, 0.29) is 24.4 Å². The number of nitrogens with zero attached hydrogens (tertiary/aromatic N) is 3. The molecule has 3 heterocycles. The number of fused-ring (bicyclic) bond motifs is 2. The molecule has 0 aliphatic carbocycles. The lowest BCUT2D eigenvalue weighted by Gasteiger charge is -2.37. The van der Waals surface area contributed by atoms with Crippen LogP contribution in [0.3, 0.4) is 0 Å². The molecule has 0 bridgehead atoms. The molecule has 1 N–H and O–H groups in total. The van der Waals surface area contributed by atoms with Gasteiger partial charge in [0.05, 0.1) is 6.04 Å².